The first kappa shape index (κ1) is 78.6. The first-order chi connectivity index (χ1) is 41.1. The van der Waals surface area contributed by atoms with Crippen molar-refractivity contribution in [2.75, 3.05) is 19.8 Å². The van der Waals surface area contributed by atoms with E-state index in [1.807, 2.05) is 6.08 Å². The van der Waals surface area contributed by atoms with Crippen molar-refractivity contribution in [2.45, 2.75) is 396 Å². The minimum atomic E-state index is -1.79. The van der Waals surface area contributed by atoms with Crippen LogP contribution in [0.5, 0.6) is 0 Å². The Morgan fingerprint density at radius 3 is 1.13 bits per heavy atom. The van der Waals surface area contributed by atoms with Gasteiger partial charge >= 0.3 is 0 Å². The molecule has 2 saturated heterocycles. The summed E-state index contributed by atoms with van der Waals surface area (Å²) in [4.78, 5) is 13.3. The summed E-state index contributed by atoms with van der Waals surface area (Å²) in [6.45, 7) is 2.83. The van der Waals surface area contributed by atoms with Gasteiger partial charge in [-0.05, 0) is 44.9 Å². The van der Waals surface area contributed by atoms with Gasteiger partial charge in [-0.1, -0.05) is 295 Å². The summed E-state index contributed by atoms with van der Waals surface area (Å²) in [5, 5.41) is 87.4. The SMILES string of the molecule is CCCCCCCC/C=C\CCCCCCCCCC(=O)NC(COC1OC(CO)C(OC2OC(CO)C(O)C(O)C2O)C(O)C1O)C(O)/C=C/CCCCCCCCCCCCCCCCCCCCCCCCCCCCCCCCC. The van der Waals surface area contributed by atoms with Gasteiger partial charge in [0.05, 0.1) is 32.0 Å². The average molecular weight is 1200 g/mol. The fourth-order valence-corrected chi connectivity index (χ4v) is 11.9. The standard InChI is InChI=1S/C70H133NO13/c1-3-5-7-9-11-13-15-17-19-21-22-23-24-25-26-27-28-29-30-31-32-33-34-35-36-38-39-41-43-45-47-49-51-53-59(74)58(71-62(75)54-52-50-48-46-44-42-40-37-20-18-16-14-12-10-8-6-4-2)57-81-69-67(80)65(78)68(61(56-73)83-69)84-70-66(79)64(77)63(76)60(55-72)82-70/h18,20,51,53,58-61,63-70,72-74,76-80H,3-17,19,21-50,52,54-57H2,1-2H3,(H,71,75)/b20-18-,53-51+. The van der Waals surface area contributed by atoms with E-state index >= 15 is 0 Å². The number of allylic oxidation sites excluding steroid dienone is 3. The molecule has 0 aromatic heterocycles. The van der Waals surface area contributed by atoms with E-state index in [4.69, 9.17) is 18.9 Å². The van der Waals surface area contributed by atoms with Gasteiger partial charge in [0.15, 0.2) is 12.6 Å². The van der Waals surface area contributed by atoms with Gasteiger partial charge in [-0.2, -0.15) is 0 Å². The second kappa shape index (κ2) is 55.5. The van der Waals surface area contributed by atoms with Crippen molar-refractivity contribution in [3.63, 3.8) is 0 Å². The summed E-state index contributed by atoms with van der Waals surface area (Å²) in [5.41, 5.74) is 0. The van der Waals surface area contributed by atoms with E-state index < -0.39 is 86.8 Å². The maximum absolute atomic E-state index is 13.3. The first-order valence-electron chi connectivity index (χ1n) is 35.6. The lowest BCUT2D eigenvalue weighted by Crippen LogP contribution is -2.65. The molecular weight excluding hydrogens is 1060 g/mol. The topological polar surface area (TPSA) is 228 Å². The van der Waals surface area contributed by atoms with Crippen molar-refractivity contribution >= 4 is 5.91 Å². The van der Waals surface area contributed by atoms with Crippen LogP contribution in [0.25, 0.3) is 0 Å². The van der Waals surface area contributed by atoms with Gasteiger partial charge in [-0.15, -0.1) is 0 Å². The van der Waals surface area contributed by atoms with Crippen molar-refractivity contribution in [1.82, 2.24) is 5.32 Å². The molecule has 2 heterocycles. The van der Waals surface area contributed by atoms with Gasteiger partial charge in [0, 0.05) is 6.42 Å². The van der Waals surface area contributed by atoms with Gasteiger partial charge in [0.2, 0.25) is 5.91 Å². The predicted octanol–water partition coefficient (Wildman–Crippen LogP) is 14.3. The minimum absolute atomic E-state index is 0.239. The fourth-order valence-electron chi connectivity index (χ4n) is 11.9. The highest BCUT2D eigenvalue weighted by Crippen LogP contribution is 2.30. The zero-order valence-corrected chi connectivity index (χ0v) is 53.9. The van der Waals surface area contributed by atoms with E-state index in [0.29, 0.717) is 6.42 Å². The van der Waals surface area contributed by atoms with E-state index in [-0.39, 0.29) is 18.9 Å². The van der Waals surface area contributed by atoms with Crippen LogP contribution in [-0.2, 0) is 23.7 Å². The fraction of sp³-hybridized carbons (Fsp3) is 0.929. The van der Waals surface area contributed by atoms with Gasteiger partial charge in [0.25, 0.3) is 0 Å². The smallest absolute Gasteiger partial charge is 0.220 e. The molecule has 12 unspecified atom stereocenters. The second-order valence-electron chi connectivity index (χ2n) is 25.4. The normalized spacial score (nSPS) is 23.7. The molecule has 0 aromatic carbocycles. The zero-order chi connectivity index (χ0) is 60.9. The van der Waals surface area contributed by atoms with Crippen LogP contribution >= 0.6 is 0 Å². The van der Waals surface area contributed by atoms with Gasteiger partial charge in [-0.25, -0.2) is 0 Å². The Kier molecular flexibility index (Phi) is 51.9. The third-order valence-corrected chi connectivity index (χ3v) is 17.6. The van der Waals surface area contributed by atoms with Crippen molar-refractivity contribution in [1.29, 1.82) is 0 Å². The molecule has 0 radical (unpaired) electrons. The molecule has 2 rings (SSSR count). The monoisotopic (exact) mass is 1200 g/mol. The molecule has 1 amide bonds. The molecule has 0 spiro atoms. The van der Waals surface area contributed by atoms with Crippen molar-refractivity contribution in [3.05, 3.63) is 24.3 Å². The van der Waals surface area contributed by atoms with E-state index in [0.717, 1.165) is 44.9 Å². The Balaban J connectivity index is 1.64. The summed E-state index contributed by atoms with van der Waals surface area (Å²) in [6, 6.07) is -0.916. The predicted molar refractivity (Wildman–Crippen MR) is 342 cm³/mol. The molecule has 14 heteroatoms. The van der Waals surface area contributed by atoms with E-state index in [9.17, 15) is 45.6 Å². The number of nitrogens with one attached hydrogen (secondary N) is 1. The summed E-state index contributed by atoms with van der Waals surface area (Å²) in [5.74, 6) is -0.239. The molecular formula is C70H133NO13. The Bertz CT molecular complexity index is 1500. The molecule has 2 aliphatic rings. The maximum atomic E-state index is 13.3. The lowest BCUT2D eigenvalue weighted by molar-refractivity contribution is -0.359. The number of carbonyl (C=O) groups excluding carboxylic acids is 1. The number of carbonyl (C=O) groups is 1. The molecule has 2 fully saturated rings. The van der Waals surface area contributed by atoms with E-state index in [1.165, 1.54) is 250 Å². The van der Waals surface area contributed by atoms with Crippen molar-refractivity contribution in [3.8, 4) is 0 Å². The number of hydrogen-bond acceptors (Lipinski definition) is 13. The Morgan fingerprint density at radius 1 is 0.417 bits per heavy atom. The van der Waals surface area contributed by atoms with Crippen LogP contribution in [0.3, 0.4) is 0 Å². The highest BCUT2D eigenvalue weighted by molar-refractivity contribution is 5.76. The van der Waals surface area contributed by atoms with Gasteiger partial charge in [-0.3, -0.25) is 4.79 Å². The third kappa shape index (κ3) is 39.5. The van der Waals surface area contributed by atoms with Crippen LogP contribution in [0.4, 0.5) is 0 Å². The highest BCUT2D eigenvalue weighted by Gasteiger charge is 2.51. The summed E-state index contributed by atoms with van der Waals surface area (Å²) < 4.78 is 22.8. The van der Waals surface area contributed by atoms with Crippen LogP contribution in [-0.4, -0.2) is 140 Å². The molecule has 9 N–H and O–H groups in total. The van der Waals surface area contributed by atoms with Crippen LogP contribution in [0.1, 0.15) is 322 Å². The Hall–Kier alpha value is -1.53. The van der Waals surface area contributed by atoms with Gasteiger partial charge < -0.3 is 65.1 Å². The molecule has 0 aromatic rings. The molecule has 84 heavy (non-hydrogen) atoms. The van der Waals surface area contributed by atoms with Crippen LogP contribution in [0.15, 0.2) is 24.3 Å². The number of amides is 1. The molecule has 0 aliphatic carbocycles. The highest BCUT2D eigenvalue weighted by atomic mass is 16.7. The zero-order valence-electron chi connectivity index (χ0n) is 53.9. The largest absolute Gasteiger partial charge is 0.394 e. The molecule has 2 aliphatic heterocycles. The van der Waals surface area contributed by atoms with Crippen molar-refractivity contribution < 1.29 is 64.6 Å². The summed E-state index contributed by atoms with van der Waals surface area (Å²) >= 11 is 0. The van der Waals surface area contributed by atoms with Gasteiger partial charge in [0.1, 0.15) is 48.8 Å². The van der Waals surface area contributed by atoms with Crippen LogP contribution < -0.4 is 5.32 Å². The van der Waals surface area contributed by atoms with Crippen molar-refractivity contribution in [2.24, 2.45) is 0 Å². The number of aliphatic hydroxyl groups excluding tert-OH is 8. The number of aliphatic hydroxyl groups is 8. The number of hydrogen-bond donors (Lipinski definition) is 9. The van der Waals surface area contributed by atoms with E-state index in [2.05, 4.69) is 31.3 Å². The summed E-state index contributed by atoms with van der Waals surface area (Å²) in [6.07, 6.45) is 52.5. The third-order valence-electron chi connectivity index (χ3n) is 17.6. The quantitative estimate of drug-likeness (QED) is 0.0204. The maximum Gasteiger partial charge on any atom is 0.220 e. The van der Waals surface area contributed by atoms with Crippen LogP contribution in [0.2, 0.25) is 0 Å². The lowest BCUT2D eigenvalue weighted by atomic mass is 9.97. The minimum Gasteiger partial charge on any atom is -0.394 e. The second-order valence-corrected chi connectivity index (χ2v) is 25.4. The first-order valence-corrected chi connectivity index (χ1v) is 35.6. The van der Waals surface area contributed by atoms with Crippen LogP contribution in [0, 0.1) is 0 Å². The Morgan fingerprint density at radius 2 is 0.750 bits per heavy atom. The molecule has 14 nitrogen and oxygen atoms in total. The number of ether oxygens (including phenoxy) is 4. The summed E-state index contributed by atoms with van der Waals surface area (Å²) in [7, 11) is 0. The lowest BCUT2D eigenvalue weighted by Gasteiger charge is -2.46. The number of unbranched alkanes of at least 4 members (excludes halogenated alkanes) is 44. The molecule has 0 saturated carbocycles. The molecule has 0 bridgehead atoms. The van der Waals surface area contributed by atoms with E-state index in [1.54, 1.807) is 6.08 Å². The average Bonchev–Trinajstić information content (AvgIpc) is 3.18. The Labute approximate surface area is 513 Å². The number of rotatable bonds is 59. The molecule has 496 valence electrons. The molecule has 12 atom stereocenters.